The number of benzene rings is 1. The monoisotopic (exact) mass is 249 g/mol. The first-order valence-corrected chi connectivity index (χ1v) is 5.90. The van der Waals surface area contributed by atoms with Crippen LogP contribution in [0, 0.1) is 18.6 Å². The lowest BCUT2D eigenvalue weighted by molar-refractivity contribution is 0.454. The van der Waals surface area contributed by atoms with Crippen LogP contribution in [-0.4, -0.2) is 16.3 Å². The second-order valence-corrected chi connectivity index (χ2v) is 4.52. The maximum atomic E-state index is 13.8. The number of anilines is 1. The number of nitrogens with zero attached hydrogens (tertiary/aromatic N) is 2. The van der Waals surface area contributed by atoms with Gasteiger partial charge in [-0.1, -0.05) is 0 Å². The lowest BCUT2D eigenvalue weighted by atomic mass is 10.0. The highest BCUT2D eigenvalue weighted by Crippen LogP contribution is 2.32. The van der Waals surface area contributed by atoms with Gasteiger partial charge in [0.05, 0.1) is 12.2 Å². The van der Waals surface area contributed by atoms with Crippen molar-refractivity contribution >= 4 is 5.82 Å². The quantitative estimate of drug-likeness (QED) is 0.842. The Morgan fingerprint density at radius 1 is 1.39 bits per heavy atom. The van der Waals surface area contributed by atoms with Gasteiger partial charge in [0.15, 0.2) is 0 Å². The van der Waals surface area contributed by atoms with Crippen LogP contribution in [0.15, 0.2) is 24.4 Å². The summed E-state index contributed by atoms with van der Waals surface area (Å²) in [4.78, 5) is 0. The predicted molar refractivity (Wildman–Crippen MR) is 64.6 cm³/mol. The van der Waals surface area contributed by atoms with Gasteiger partial charge < -0.3 is 5.32 Å². The topological polar surface area (TPSA) is 29.9 Å². The van der Waals surface area contributed by atoms with Gasteiger partial charge in [0.1, 0.15) is 17.5 Å². The molecule has 0 aliphatic carbocycles. The molecule has 0 amide bonds. The van der Waals surface area contributed by atoms with Crippen molar-refractivity contribution in [1.29, 1.82) is 0 Å². The Morgan fingerprint density at radius 2 is 2.22 bits per heavy atom. The number of nitrogens with one attached hydrogen (secondary N) is 1. The minimum atomic E-state index is -0.421. The number of rotatable bonds is 1. The molecule has 3 rings (SSSR count). The van der Waals surface area contributed by atoms with Gasteiger partial charge in [-0.25, -0.2) is 13.5 Å². The molecular weight excluding hydrogens is 236 g/mol. The van der Waals surface area contributed by atoms with Gasteiger partial charge in [-0.15, -0.1) is 0 Å². The van der Waals surface area contributed by atoms with Crippen molar-refractivity contribution in [2.24, 2.45) is 0 Å². The first-order chi connectivity index (χ1) is 8.66. The van der Waals surface area contributed by atoms with Crippen LogP contribution in [0.2, 0.25) is 0 Å². The maximum Gasteiger partial charge on any atom is 0.128 e. The molecule has 2 heterocycles. The fourth-order valence-electron chi connectivity index (χ4n) is 2.41. The molecule has 1 N–H and O–H groups in total. The minimum absolute atomic E-state index is 0.245. The first-order valence-electron chi connectivity index (χ1n) is 5.90. The molecule has 1 aliphatic rings. The fraction of sp³-hybridized carbons (Fsp3) is 0.308. The van der Waals surface area contributed by atoms with E-state index in [1.165, 1.54) is 12.1 Å². The molecule has 0 saturated heterocycles. The predicted octanol–water partition coefficient (Wildman–Crippen LogP) is 2.87. The smallest absolute Gasteiger partial charge is 0.128 e. The summed E-state index contributed by atoms with van der Waals surface area (Å²) in [5, 5.41) is 7.48. The Labute approximate surface area is 103 Å². The molecule has 1 unspecified atom stereocenters. The molecule has 5 heteroatoms. The van der Waals surface area contributed by atoms with Gasteiger partial charge in [0, 0.05) is 17.7 Å². The lowest BCUT2D eigenvalue weighted by Gasteiger charge is -2.26. The van der Waals surface area contributed by atoms with Crippen LogP contribution in [0.25, 0.3) is 0 Å². The highest BCUT2D eigenvalue weighted by atomic mass is 19.1. The Bertz CT molecular complexity index is 592. The average molecular weight is 249 g/mol. The van der Waals surface area contributed by atoms with Crippen LogP contribution in [0.5, 0.6) is 0 Å². The molecule has 1 aromatic heterocycles. The third kappa shape index (κ3) is 1.66. The largest absolute Gasteiger partial charge is 0.370 e. The Morgan fingerprint density at radius 3 is 3.06 bits per heavy atom. The number of aryl methyl sites for hydroxylation is 1. The van der Waals surface area contributed by atoms with E-state index in [9.17, 15) is 8.78 Å². The summed E-state index contributed by atoms with van der Waals surface area (Å²) in [7, 11) is 0. The number of aromatic nitrogens is 2. The van der Waals surface area contributed by atoms with Crippen molar-refractivity contribution in [2.45, 2.75) is 19.4 Å². The zero-order chi connectivity index (χ0) is 12.7. The second kappa shape index (κ2) is 4.08. The van der Waals surface area contributed by atoms with Crippen molar-refractivity contribution in [3.63, 3.8) is 0 Å². The summed E-state index contributed by atoms with van der Waals surface area (Å²) in [6.07, 6.45) is 2.42. The molecule has 2 aromatic rings. The lowest BCUT2D eigenvalue weighted by Crippen LogP contribution is -2.25. The Hall–Kier alpha value is -1.91. The molecule has 1 atom stereocenters. The van der Waals surface area contributed by atoms with E-state index in [-0.39, 0.29) is 11.9 Å². The summed E-state index contributed by atoms with van der Waals surface area (Å²) in [5.41, 5.74) is 1.37. The highest BCUT2D eigenvalue weighted by Gasteiger charge is 2.25. The molecule has 3 nitrogen and oxygen atoms in total. The number of halogens is 2. The summed E-state index contributed by atoms with van der Waals surface area (Å²) in [5.74, 6) is 0.0766. The van der Waals surface area contributed by atoms with Gasteiger partial charge in [-0.05, 0) is 31.5 Å². The van der Waals surface area contributed by atoms with E-state index < -0.39 is 5.82 Å². The molecule has 1 aliphatic heterocycles. The zero-order valence-electron chi connectivity index (χ0n) is 9.95. The second-order valence-electron chi connectivity index (χ2n) is 4.52. The van der Waals surface area contributed by atoms with Gasteiger partial charge in [-0.3, -0.25) is 0 Å². The standard InChI is InChI=1S/C13H13F2N3/c1-8-7-17-18-12(4-5-16-13(8)18)10-6-9(14)2-3-11(10)15/h2-3,6-7,12,16H,4-5H2,1H3. The van der Waals surface area contributed by atoms with Crippen molar-refractivity contribution in [3.05, 3.63) is 47.2 Å². The van der Waals surface area contributed by atoms with Gasteiger partial charge in [0.2, 0.25) is 0 Å². The van der Waals surface area contributed by atoms with Crippen LogP contribution in [0.1, 0.15) is 23.6 Å². The Kier molecular flexibility index (Phi) is 2.54. The van der Waals surface area contributed by atoms with Crippen LogP contribution < -0.4 is 5.32 Å². The SMILES string of the molecule is Cc1cnn2c1NCCC2c1cc(F)ccc1F. The summed E-state index contributed by atoms with van der Waals surface area (Å²) < 4.78 is 28.8. The molecular formula is C13H13F2N3. The molecule has 0 spiro atoms. The van der Waals surface area contributed by atoms with E-state index in [2.05, 4.69) is 10.4 Å². The number of fused-ring (bicyclic) bond motifs is 1. The van der Waals surface area contributed by atoms with Gasteiger partial charge in [0.25, 0.3) is 0 Å². The van der Waals surface area contributed by atoms with E-state index in [0.29, 0.717) is 12.0 Å². The van der Waals surface area contributed by atoms with E-state index in [1.54, 1.807) is 10.9 Å². The highest BCUT2D eigenvalue weighted by molar-refractivity contribution is 5.46. The molecule has 0 radical (unpaired) electrons. The summed E-state index contributed by atoms with van der Waals surface area (Å²) >= 11 is 0. The minimum Gasteiger partial charge on any atom is -0.370 e. The number of hydrogen-bond acceptors (Lipinski definition) is 2. The molecule has 0 bridgehead atoms. The number of hydrogen-bond donors (Lipinski definition) is 1. The van der Waals surface area contributed by atoms with Crippen LogP contribution >= 0.6 is 0 Å². The van der Waals surface area contributed by atoms with Crippen molar-refractivity contribution in [1.82, 2.24) is 9.78 Å². The van der Waals surface area contributed by atoms with Gasteiger partial charge in [-0.2, -0.15) is 5.10 Å². The molecule has 0 fully saturated rings. The molecule has 1 aromatic carbocycles. The van der Waals surface area contributed by atoms with Crippen molar-refractivity contribution in [2.75, 3.05) is 11.9 Å². The summed E-state index contributed by atoms with van der Waals surface area (Å²) in [6.45, 7) is 2.67. The Balaban J connectivity index is 2.11. The van der Waals surface area contributed by atoms with Crippen molar-refractivity contribution < 1.29 is 8.78 Å². The van der Waals surface area contributed by atoms with Gasteiger partial charge >= 0.3 is 0 Å². The average Bonchev–Trinajstić information content (AvgIpc) is 2.75. The third-order valence-corrected chi connectivity index (χ3v) is 3.30. The normalized spacial score (nSPS) is 18.3. The molecule has 18 heavy (non-hydrogen) atoms. The zero-order valence-corrected chi connectivity index (χ0v) is 9.95. The summed E-state index contributed by atoms with van der Waals surface area (Å²) in [6, 6.07) is 3.31. The maximum absolute atomic E-state index is 13.8. The van der Waals surface area contributed by atoms with E-state index >= 15 is 0 Å². The third-order valence-electron chi connectivity index (χ3n) is 3.30. The van der Waals surface area contributed by atoms with E-state index in [1.807, 2.05) is 6.92 Å². The van der Waals surface area contributed by atoms with E-state index in [4.69, 9.17) is 0 Å². The first kappa shape index (κ1) is 11.2. The van der Waals surface area contributed by atoms with Crippen molar-refractivity contribution in [3.8, 4) is 0 Å². The van der Waals surface area contributed by atoms with E-state index in [0.717, 1.165) is 24.0 Å². The van der Waals surface area contributed by atoms with Crippen LogP contribution in [0.4, 0.5) is 14.6 Å². The molecule has 94 valence electrons. The molecule has 0 saturated carbocycles. The van der Waals surface area contributed by atoms with Crippen LogP contribution in [-0.2, 0) is 0 Å². The van der Waals surface area contributed by atoms with Crippen LogP contribution in [0.3, 0.4) is 0 Å². The fourth-order valence-corrected chi connectivity index (χ4v) is 2.41.